The van der Waals surface area contributed by atoms with E-state index in [4.69, 9.17) is 9.47 Å². The number of aryl methyl sites for hydroxylation is 2. The SMILES string of the molecule is COc1c(C)cc(C(=O)C2(C)CCCO2)cc1C. The molecule has 1 fully saturated rings. The highest BCUT2D eigenvalue weighted by atomic mass is 16.5. The lowest BCUT2D eigenvalue weighted by Gasteiger charge is -2.22. The predicted molar refractivity (Wildman–Crippen MR) is 70.4 cm³/mol. The van der Waals surface area contributed by atoms with Gasteiger partial charge in [-0.1, -0.05) is 0 Å². The summed E-state index contributed by atoms with van der Waals surface area (Å²) in [5.74, 6) is 0.929. The molecule has 1 heterocycles. The van der Waals surface area contributed by atoms with Crippen LogP contribution in [0.4, 0.5) is 0 Å². The number of carbonyl (C=O) groups is 1. The summed E-state index contributed by atoms with van der Waals surface area (Å²) >= 11 is 0. The number of Topliss-reactive ketones (excluding diaryl/α,β-unsaturated/α-hetero) is 1. The van der Waals surface area contributed by atoms with E-state index in [0.717, 1.165) is 35.3 Å². The normalized spacial score (nSPS) is 23.1. The molecule has 0 amide bonds. The Morgan fingerprint density at radius 2 is 1.94 bits per heavy atom. The Morgan fingerprint density at radius 3 is 2.39 bits per heavy atom. The lowest BCUT2D eigenvalue weighted by atomic mass is 9.90. The van der Waals surface area contributed by atoms with Crippen molar-refractivity contribution >= 4 is 5.78 Å². The zero-order valence-electron chi connectivity index (χ0n) is 11.5. The Morgan fingerprint density at radius 1 is 1.33 bits per heavy atom. The molecule has 1 aromatic rings. The second-order valence-electron chi connectivity index (χ2n) is 5.16. The van der Waals surface area contributed by atoms with Crippen LogP contribution in [0.1, 0.15) is 41.3 Å². The monoisotopic (exact) mass is 248 g/mol. The topological polar surface area (TPSA) is 35.5 Å². The van der Waals surface area contributed by atoms with E-state index >= 15 is 0 Å². The van der Waals surface area contributed by atoms with E-state index in [1.807, 2.05) is 32.9 Å². The van der Waals surface area contributed by atoms with Crippen molar-refractivity contribution in [2.75, 3.05) is 13.7 Å². The quantitative estimate of drug-likeness (QED) is 0.771. The van der Waals surface area contributed by atoms with Crippen LogP contribution in [0.3, 0.4) is 0 Å². The molecule has 18 heavy (non-hydrogen) atoms. The van der Waals surface area contributed by atoms with Crippen molar-refractivity contribution in [2.45, 2.75) is 39.2 Å². The molecule has 1 atom stereocenters. The Labute approximate surface area is 108 Å². The van der Waals surface area contributed by atoms with E-state index in [1.165, 1.54) is 0 Å². The van der Waals surface area contributed by atoms with Gasteiger partial charge in [0.05, 0.1) is 7.11 Å². The second kappa shape index (κ2) is 4.73. The summed E-state index contributed by atoms with van der Waals surface area (Å²) in [5.41, 5.74) is 2.05. The molecule has 0 bridgehead atoms. The van der Waals surface area contributed by atoms with Crippen molar-refractivity contribution < 1.29 is 14.3 Å². The highest BCUT2D eigenvalue weighted by molar-refractivity contribution is 6.02. The lowest BCUT2D eigenvalue weighted by molar-refractivity contribution is 0.0213. The molecule has 0 spiro atoms. The van der Waals surface area contributed by atoms with E-state index < -0.39 is 5.60 Å². The lowest BCUT2D eigenvalue weighted by Crippen LogP contribution is -2.34. The summed E-state index contributed by atoms with van der Waals surface area (Å²) in [6, 6.07) is 3.78. The molecule has 1 unspecified atom stereocenters. The highest BCUT2D eigenvalue weighted by Crippen LogP contribution is 2.31. The third kappa shape index (κ3) is 2.15. The minimum absolute atomic E-state index is 0.0776. The van der Waals surface area contributed by atoms with Crippen LogP contribution in [0, 0.1) is 13.8 Å². The summed E-state index contributed by atoms with van der Waals surface area (Å²) in [6.07, 6.45) is 1.76. The average Bonchev–Trinajstić information content (AvgIpc) is 2.76. The number of rotatable bonds is 3. The molecule has 3 nitrogen and oxygen atoms in total. The zero-order valence-corrected chi connectivity index (χ0v) is 11.5. The number of ketones is 1. The van der Waals surface area contributed by atoms with Gasteiger partial charge in [-0.05, 0) is 56.9 Å². The fourth-order valence-corrected chi connectivity index (χ4v) is 2.67. The van der Waals surface area contributed by atoms with E-state index in [-0.39, 0.29) is 5.78 Å². The number of hydrogen-bond acceptors (Lipinski definition) is 3. The molecule has 0 aliphatic carbocycles. The molecule has 98 valence electrons. The Hall–Kier alpha value is -1.35. The largest absolute Gasteiger partial charge is 0.496 e. The molecule has 2 rings (SSSR count). The van der Waals surface area contributed by atoms with Crippen LogP contribution in [-0.2, 0) is 4.74 Å². The van der Waals surface area contributed by atoms with Gasteiger partial charge in [0, 0.05) is 12.2 Å². The summed E-state index contributed by atoms with van der Waals surface area (Å²) < 4.78 is 10.9. The summed E-state index contributed by atoms with van der Waals surface area (Å²) in [6.45, 7) is 6.48. The van der Waals surface area contributed by atoms with Crippen molar-refractivity contribution in [1.82, 2.24) is 0 Å². The molecule has 1 aromatic carbocycles. The van der Waals surface area contributed by atoms with Crippen LogP contribution in [0.25, 0.3) is 0 Å². The van der Waals surface area contributed by atoms with Crippen LogP contribution in [0.2, 0.25) is 0 Å². The van der Waals surface area contributed by atoms with Gasteiger partial charge in [0.25, 0.3) is 0 Å². The standard InChI is InChI=1S/C15H20O3/c1-10-8-12(9-11(2)13(10)17-4)14(16)15(3)6-5-7-18-15/h8-9H,5-7H2,1-4H3. The second-order valence-corrected chi connectivity index (χ2v) is 5.16. The fraction of sp³-hybridized carbons (Fsp3) is 0.533. The Kier molecular flexibility index (Phi) is 3.44. The van der Waals surface area contributed by atoms with E-state index in [2.05, 4.69) is 0 Å². The third-order valence-corrected chi connectivity index (χ3v) is 3.63. The van der Waals surface area contributed by atoms with E-state index in [0.29, 0.717) is 6.61 Å². The van der Waals surface area contributed by atoms with Gasteiger partial charge in [-0.25, -0.2) is 0 Å². The first-order chi connectivity index (χ1) is 8.48. The maximum absolute atomic E-state index is 12.5. The van der Waals surface area contributed by atoms with Crippen LogP contribution >= 0.6 is 0 Å². The van der Waals surface area contributed by atoms with Gasteiger partial charge < -0.3 is 9.47 Å². The molecule has 3 heteroatoms. The molecule has 0 saturated carbocycles. The molecule has 0 aromatic heterocycles. The molecule has 0 radical (unpaired) electrons. The minimum atomic E-state index is -0.645. The van der Waals surface area contributed by atoms with Gasteiger partial charge in [0.1, 0.15) is 11.4 Å². The zero-order chi connectivity index (χ0) is 13.3. The predicted octanol–water partition coefficient (Wildman–Crippen LogP) is 3.06. The number of hydrogen-bond donors (Lipinski definition) is 0. The average molecular weight is 248 g/mol. The van der Waals surface area contributed by atoms with Gasteiger partial charge in [-0.2, -0.15) is 0 Å². The van der Waals surface area contributed by atoms with Crippen LogP contribution in [0.5, 0.6) is 5.75 Å². The van der Waals surface area contributed by atoms with Crippen LogP contribution in [-0.4, -0.2) is 25.1 Å². The van der Waals surface area contributed by atoms with Gasteiger partial charge in [0.2, 0.25) is 0 Å². The maximum atomic E-state index is 12.5. The van der Waals surface area contributed by atoms with E-state index in [1.54, 1.807) is 7.11 Å². The maximum Gasteiger partial charge on any atom is 0.194 e. The summed E-state index contributed by atoms with van der Waals surface area (Å²) in [7, 11) is 1.65. The van der Waals surface area contributed by atoms with Crippen LogP contribution < -0.4 is 4.74 Å². The van der Waals surface area contributed by atoms with E-state index in [9.17, 15) is 4.79 Å². The molecule has 1 aliphatic heterocycles. The van der Waals surface area contributed by atoms with Crippen molar-refractivity contribution in [1.29, 1.82) is 0 Å². The van der Waals surface area contributed by atoms with Gasteiger partial charge in [-0.15, -0.1) is 0 Å². The molecular formula is C15H20O3. The summed E-state index contributed by atoms with van der Waals surface area (Å²) in [5, 5.41) is 0. The van der Waals surface area contributed by atoms with Crippen molar-refractivity contribution in [3.05, 3.63) is 28.8 Å². The number of ether oxygens (including phenoxy) is 2. The number of methoxy groups -OCH3 is 1. The molecule has 1 aliphatic rings. The van der Waals surface area contributed by atoms with Gasteiger partial charge in [0.15, 0.2) is 5.78 Å². The molecule has 0 N–H and O–H groups in total. The minimum Gasteiger partial charge on any atom is -0.496 e. The Bertz CT molecular complexity index is 448. The molecular weight excluding hydrogens is 228 g/mol. The first-order valence-corrected chi connectivity index (χ1v) is 6.32. The first kappa shape index (κ1) is 13.1. The molecule has 1 saturated heterocycles. The fourth-order valence-electron chi connectivity index (χ4n) is 2.67. The highest BCUT2D eigenvalue weighted by Gasteiger charge is 2.38. The van der Waals surface area contributed by atoms with Gasteiger partial charge >= 0.3 is 0 Å². The van der Waals surface area contributed by atoms with Crippen molar-refractivity contribution in [3.63, 3.8) is 0 Å². The Balaban J connectivity index is 2.37. The number of benzene rings is 1. The smallest absolute Gasteiger partial charge is 0.194 e. The van der Waals surface area contributed by atoms with Gasteiger partial charge in [-0.3, -0.25) is 4.79 Å². The van der Waals surface area contributed by atoms with Crippen LogP contribution in [0.15, 0.2) is 12.1 Å². The first-order valence-electron chi connectivity index (χ1n) is 6.32. The summed E-state index contributed by atoms with van der Waals surface area (Å²) in [4.78, 5) is 12.5. The van der Waals surface area contributed by atoms with Crippen molar-refractivity contribution in [2.24, 2.45) is 0 Å². The number of carbonyl (C=O) groups excluding carboxylic acids is 1. The van der Waals surface area contributed by atoms with Crippen molar-refractivity contribution in [3.8, 4) is 5.75 Å². The third-order valence-electron chi connectivity index (χ3n) is 3.63.